The van der Waals surface area contributed by atoms with Crippen LogP contribution in [0, 0.1) is 10.1 Å². The van der Waals surface area contributed by atoms with E-state index in [4.69, 9.17) is 4.74 Å². The van der Waals surface area contributed by atoms with Gasteiger partial charge in [-0.2, -0.15) is 4.31 Å². The van der Waals surface area contributed by atoms with Crippen molar-refractivity contribution < 1.29 is 22.9 Å². The van der Waals surface area contributed by atoms with Gasteiger partial charge in [0.25, 0.3) is 5.69 Å². The molecule has 0 bridgehead atoms. The average molecular weight is 357 g/mol. The molecular weight excluding hydrogens is 338 g/mol. The van der Waals surface area contributed by atoms with Crippen LogP contribution in [0.2, 0.25) is 0 Å². The Morgan fingerprint density at radius 2 is 2.08 bits per heavy atom. The molecular formula is C14H19N3O6S. The fourth-order valence-corrected chi connectivity index (χ4v) is 4.51. The highest BCUT2D eigenvalue weighted by molar-refractivity contribution is 7.89. The molecule has 132 valence electrons. The molecule has 0 aromatic heterocycles. The highest BCUT2D eigenvalue weighted by Crippen LogP contribution is 2.34. The molecule has 1 aromatic rings. The van der Waals surface area contributed by atoms with Crippen molar-refractivity contribution in [2.24, 2.45) is 0 Å². The normalized spacial score (nSPS) is 18.4. The van der Waals surface area contributed by atoms with Gasteiger partial charge in [0, 0.05) is 32.8 Å². The third kappa shape index (κ3) is 3.20. The van der Waals surface area contributed by atoms with Gasteiger partial charge >= 0.3 is 0 Å². The zero-order chi connectivity index (χ0) is 18.1. The predicted molar refractivity (Wildman–Crippen MR) is 85.3 cm³/mol. The van der Waals surface area contributed by atoms with Gasteiger partial charge in [0.2, 0.25) is 15.9 Å². The number of methoxy groups -OCH3 is 1. The number of amides is 1. The van der Waals surface area contributed by atoms with Crippen molar-refractivity contribution in [2.75, 3.05) is 27.7 Å². The van der Waals surface area contributed by atoms with Gasteiger partial charge in [-0.1, -0.05) is 0 Å². The first-order chi connectivity index (χ1) is 11.2. The van der Waals surface area contributed by atoms with Gasteiger partial charge in [-0.05, 0) is 18.9 Å². The number of non-ortho nitro benzene ring substituents is 1. The standard InChI is InChI=1S/C14H19N3O6S/c1-15(2)14(18)11-5-4-8-16(11)24(21,22)13-9-10(17(19)20)6-7-12(13)23-3/h6-7,9,11H,4-5,8H2,1-3H3/t11-/m1/s1. The summed E-state index contributed by atoms with van der Waals surface area (Å²) in [6, 6.07) is 2.56. The third-order valence-electron chi connectivity index (χ3n) is 3.87. The molecule has 1 atom stereocenters. The van der Waals surface area contributed by atoms with E-state index in [-0.39, 0.29) is 28.8 Å². The Labute approximate surface area is 140 Å². The van der Waals surface area contributed by atoms with Crippen LogP contribution in [0.25, 0.3) is 0 Å². The highest BCUT2D eigenvalue weighted by atomic mass is 32.2. The zero-order valence-corrected chi connectivity index (χ0v) is 14.4. The van der Waals surface area contributed by atoms with Crippen LogP contribution in [-0.4, -0.2) is 62.2 Å². The summed E-state index contributed by atoms with van der Waals surface area (Å²) in [6.07, 6.45) is 0.953. The van der Waals surface area contributed by atoms with Crippen LogP contribution in [0.3, 0.4) is 0 Å². The van der Waals surface area contributed by atoms with Crippen LogP contribution in [0.1, 0.15) is 12.8 Å². The molecule has 1 saturated heterocycles. The molecule has 0 N–H and O–H groups in total. The summed E-state index contributed by atoms with van der Waals surface area (Å²) in [5, 5.41) is 11.0. The number of carbonyl (C=O) groups excluding carboxylic acids is 1. The molecule has 10 heteroatoms. The summed E-state index contributed by atoms with van der Waals surface area (Å²) in [6.45, 7) is 0.179. The predicted octanol–water partition coefficient (Wildman–Crippen LogP) is 0.845. The van der Waals surface area contributed by atoms with Gasteiger partial charge in [-0.3, -0.25) is 14.9 Å². The first-order valence-corrected chi connectivity index (χ1v) is 8.69. The molecule has 1 aromatic carbocycles. The number of ether oxygens (including phenoxy) is 1. The van der Waals surface area contributed by atoms with Crippen molar-refractivity contribution in [2.45, 2.75) is 23.8 Å². The molecule has 2 rings (SSSR count). The van der Waals surface area contributed by atoms with Crippen molar-refractivity contribution in [1.29, 1.82) is 0 Å². The van der Waals surface area contributed by atoms with E-state index < -0.39 is 21.0 Å². The number of benzene rings is 1. The molecule has 0 aliphatic carbocycles. The Kier molecular flexibility index (Phi) is 5.09. The zero-order valence-electron chi connectivity index (χ0n) is 13.6. The monoisotopic (exact) mass is 357 g/mol. The van der Waals surface area contributed by atoms with Crippen molar-refractivity contribution in [3.8, 4) is 5.75 Å². The second kappa shape index (κ2) is 6.73. The van der Waals surface area contributed by atoms with Gasteiger partial charge in [-0.15, -0.1) is 0 Å². The minimum Gasteiger partial charge on any atom is -0.495 e. The Morgan fingerprint density at radius 1 is 1.42 bits per heavy atom. The van der Waals surface area contributed by atoms with Crippen molar-refractivity contribution in [3.63, 3.8) is 0 Å². The van der Waals surface area contributed by atoms with Crippen LogP contribution in [0.15, 0.2) is 23.1 Å². The lowest BCUT2D eigenvalue weighted by molar-refractivity contribution is -0.385. The number of sulfonamides is 1. The Hall–Kier alpha value is -2.20. The number of carbonyl (C=O) groups is 1. The molecule has 1 fully saturated rings. The second-order valence-corrected chi connectivity index (χ2v) is 7.46. The lowest BCUT2D eigenvalue weighted by Crippen LogP contribution is -2.45. The first kappa shape index (κ1) is 18.1. The summed E-state index contributed by atoms with van der Waals surface area (Å²) in [5.41, 5.74) is -0.357. The van der Waals surface area contributed by atoms with E-state index in [1.54, 1.807) is 14.1 Å². The summed E-state index contributed by atoms with van der Waals surface area (Å²) < 4.78 is 32.1. The number of nitro groups is 1. The van der Waals surface area contributed by atoms with E-state index in [1.807, 2.05) is 0 Å². The lowest BCUT2D eigenvalue weighted by Gasteiger charge is -2.26. The van der Waals surface area contributed by atoms with Gasteiger partial charge in [-0.25, -0.2) is 8.42 Å². The van der Waals surface area contributed by atoms with E-state index in [2.05, 4.69) is 0 Å². The van der Waals surface area contributed by atoms with E-state index in [0.717, 1.165) is 10.4 Å². The maximum atomic E-state index is 13.0. The fraction of sp³-hybridized carbons (Fsp3) is 0.500. The van der Waals surface area contributed by atoms with E-state index >= 15 is 0 Å². The van der Waals surface area contributed by atoms with Crippen molar-refractivity contribution in [3.05, 3.63) is 28.3 Å². The summed E-state index contributed by atoms with van der Waals surface area (Å²) in [7, 11) is 0.285. The number of rotatable bonds is 5. The first-order valence-electron chi connectivity index (χ1n) is 7.25. The SMILES string of the molecule is COc1ccc([N+](=O)[O-])cc1S(=O)(=O)N1CCC[C@@H]1C(=O)N(C)C. The van der Waals surface area contributed by atoms with Gasteiger partial charge in [0.1, 0.15) is 16.7 Å². The van der Waals surface area contributed by atoms with Crippen molar-refractivity contribution in [1.82, 2.24) is 9.21 Å². The number of hydrogen-bond donors (Lipinski definition) is 0. The van der Waals surface area contributed by atoms with Crippen LogP contribution in [0.4, 0.5) is 5.69 Å². The topological polar surface area (TPSA) is 110 Å². The highest BCUT2D eigenvalue weighted by Gasteiger charge is 2.41. The van der Waals surface area contributed by atoms with Crippen LogP contribution in [0.5, 0.6) is 5.75 Å². The third-order valence-corrected chi connectivity index (χ3v) is 5.80. The number of nitrogens with zero attached hydrogens (tertiary/aromatic N) is 3. The minimum absolute atomic E-state index is 0.00329. The molecule has 1 aliphatic rings. The van der Waals surface area contributed by atoms with E-state index in [1.165, 1.54) is 24.1 Å². The number of nitro benzene ring substituents is 1. The van der Waals surface area contributed by atoms with Crippen molar-refractivity contribution >= 4 is 21.6 Å². The Bertz CT molecular complexity index is 762. The Morgan fingerprint density at radius 3 is 2.62 bits per heavy atom. The van der Waals surface area contributed by atoms with Gasteiger partial charge in [0.05, 0.1) is 12.0 Å². The molecule has 24 heavy (non-hydrogen) atoms. The molecule has 1 amide bonds. The van der Waals surface area contributed by atoms with Gasteiger partial charge < -0.3 is 9.64 Å². The lowest BCUT2D eigenvalue weighted by atomic mass is 10.2. The van der Waals surface area contributed by atoms with Crippen LogP contribution >= 0.6 is 0 Å². The largest absolute Gasteiger partial charge is 0.495 e. The second-order valence-electron chi connectivity index (χ2n) is 5.60. The van der Waals surface area contributed by atoms with Crippen LogP contribution in [-0.2, 0) is 14.8 Å². The molecule has 0 saturated carbocycles. The van der Waals surface area contributed by atoms with E-state index in [9.17, 15) is 23.3 Å². The minimum atomic E-state index is -4.11. The summed E-state index contributed by atoms with van der Waals surface area (Å²) in [5.74, 6) is -0.316. The molecule has 0 spiro atoms. The Balaban J connectivity index is 2.51. The maximum Gasteiger partial charge on any atom is 0.271 e. The number of hydrogen-bond acceptors (Lipinski definition) is 6. The molecule has 1 aliphatic heterocycles. The van der Waals surface area contributed by atoms with Gasteiger partial charge in [0.15, 0.2) is 0 Å². The number of likely N-dealkylation sites (N-methyl/N-ethyl adjacent to an activating group) is 1. The van der Waals surface area contributed by atoms with E-state index in [0.29, 0.717) is 12.8 Å². The quantitative estimate of drug-likeness (QED) is 0.570. The smallest absolute Gasteiger partial charge is 0.271 e. The molecule has 0 radical (unpaired) electrons. The average Bonchev–Trinajstić information content (AvgIpc) is 3.03. The molecule has 9 nitrogen and oxygen atoms in total. The summed E-state index contributed by atoms with van der Waals surface area (Å²) in [4.78, 5) is 23.6. The molecule has 1 heterocycles. The van der Waals surface area contributed by atoms with Crippen LogP contribution < -0.4 is 4.74 Å². The maximum absolute atomic E-state index is 13.0. The summed E-state index contributed by atoms with van der Waals surface area (Å²) >= 11 is 0. The fourth-order valence-electron chi connectivity index (χ4n) is 2.68. The molecule has 0 unspecified atom stereocenters.